The molecule has 1 aliphatic carbocycles. The van der Waals surface area contributed by atoms with Crippen LogP contribution in [0.15, 0.2) is 61.4 Å². The van der Waals surface area contributed by atoms with Crippen LogP contribution in [0.4, 0.5) is 5.82 Å². The number of anilines is 1. The lowest BCUT2D eigenvalue weighted by atomic mass is 9.84. The van der Waals surface area contributed by atoms with Gasteiger partial charge in [0.1, 0.15) is 24.4 Å². The number of phenols is 1. The summed E-state index contributed by atoms with van der Waals surface area (Å²) in [7, 11) is 0. The third kappa shape index (κ3) is 3.66. The number of aryl methyl sites for hydroxylation is 1. The van der Waals surface area contributed by atoms with Crippen molar-refractivity contribution in [3.8, 4) is 22.8 Å². The Kier molecular flexibility index (Phi) is 5.23. The van der Waals surface area contributed by atoms with Gasteiger partial charge in [0.25, 0.3) is 0 Å². The fourth-order valence-corrected chi connectivity index (χ4v) is 4.46. The maximum absolute atomic E-state index is 10.1. The van der Waals surface area contributed by atoms with Crippen molar-refractivity contribution in [1.29, 1.82) is 0 Å². The van der Waals surface area contributed by atoms with Crippen molar-refractivity contribution in [3.05, 3.63) is 72.6 Å². The van der Waals surface area contributed by atoms with Gasteiger partial charge >= 0.3 is 0 Å². The topological polar surface area (TPSA) is 99.1 Å². The number of ether oxygens (including phenoxy) is 1. The van der Waals surface area contributed by atoms with Crippen LogP contribution in [0.5, 0.6) is 11.5 Å². The van der Waals surface area contributed by atoms with Crippen LogP contribution < -0.4 is 10.5 Å². The van der Waals surface area contributed by atoms with E-state index in [-0.39, 0.29) is 5.75 Å². The molecule has 5 rings (SSSR count). The quantitative estimate of drug-likeness (QED) is 0.449. The van der Waals surface area contributed by atoms with Crippen LogP contribution in [0.2, 0.25) is 0 Å². The Labute approximate surface area is 186 Å². The number of aromatic hydroxyl groups is 1. The van der Waals surface area contributed by atoms with Crippen molar-refractivity contribution in [1.82, 2.24) is 19.7 Å². The van der Waals surface area contributed by atoms with E-state index in [0.717, 1.165) is 31.4 Å². The first-order chi connectivity index (χ1) is 15.6. The van der Waals surface area contributed by atoms with Gasteiger partial charge in [-0.25, -0.2) is 14.6 Å². The molecule has 0 bridgehead atoms. The Hall–Kier alpha value is -3.87. The number of fused-ring (bicyclic) bond motifs is 2. The molecule has 0 saturated heterocycles. The van der Waals surface area contributed by atoms with Gasteiger partial charge < -0.3 is 15.6 Å². The van der Waals surface area contributed by atoms with Gasteiger partial charge in [-0.2, -0.15) is 5.10 Å². The van der Waals surface area contributed by atoms with Crippen LogP contribution in [-0.2, 0) is 19.4 Å². The Morgan fingerprint density at radius 2 is 2.03 bits per heavy atom. The van der Waals surface area contributed by atoms with E-state index in [1.54, 1.807) is 24.3 Å². The average molecular weight is 428 g/mol. The van der Waals surface area contributed by atoms with Gasteiger partial charge in [0.15, 0.2) is 17.1 Å². The van der Waals surface area contributed by atoms with Gasteiger partial charge in [-0.05, 0) is 54.5 Å². The number of hydrogen-bond acceptors (Lipinski definition) is 6. The van der Waals surface area contributed by atoms with E-state index in [2.05, 4.69) is 40.8 Å². The van der Waals surface area contributed by atoms with E-state index in [4.69, 9.17) is 15.6 Å². The molecule has 4 aromatic rings. The normalized spacial score (nSPS) is 15.4. The number of hydrogen-bond donors (Lipinski definition) is 2. The Morgan fingerprint density at radius 3 is 2.88 bits per heavy atom. The molecule has 162 valence electrons. The summed E-state index contributed by atoms with van der Waals surface area (Å²) in [5.41, 5.74) is 11.3. The van der Waals surface area contributed by atoms with Gasteiger partial charge in [-0.3, -0.25) is 0 Å². The number of rotatable bonds is 6. The van der Waals surface area contributed by atoms with Crippen LogP contribution in [0.1, 0.15) is 17.5 Å². The molecule has 7 nitrogen and oxygen atoms in total. The highest BCUT2D eigenvalue weighted by atomic mass is 16.5. The fraction of sp³-hybridized carbons (Fsp3) is 0.240. The summed E-state index contributed by atoms with van der Waals surface area (Å²) in [6, 6.07) is 13.8. The SMILES string of the molecule is C=CCOc1cc(-c2nn(CC3CCc4ccccc4C3)c3ncnc(N)c23)ccc1O. The zero-order chi connectivity index (χ0) is 22.1. The highest BCUT2D eigenvalue weighted by Gasteiger charge is 2.23. The van der Waals surface area contributed by atoms with Crippen molar-refractivity contribution >= 4 is 16.9 Å². The summed E-state index contributed by atoms with van der Waals surface area (Å²) >= 11 is 0. The highest BCUT2D eigenvalue weighted by molar-refractivity contribution is 5.98. The standard InChI is InChI=1S/C25H25N5O2/c1-2-11-32-21-13-19(9-10-20(21)31)23-22-24(26)27-15-28-25(22)30(29-23)14-16-7-8-17-5-3-4-6-18(17)12-16/h2-6,9-10,13,15-16,31H,1,7-8,11-12,14H2,(H2,26,27,28). The van der Waals surface area contributed by atoms with E-state index >= 15 is 0 Å². The molecule has 0 aliphatic heterocycles. The second-order valence-electron chi connectivity index (χ2n) is 8.15. The monoisotopic (exact) mass is 427 g/mol. The number of phenolic OH excluding ortho intramolecular Hbond substituents is 1. The molecule has 2 aromatic heterocycles. The molecule has 0 fully saturated rings. The summed E-state index contributed by atoms with van der Waals surface area (Å²) in [5.74, 6) is 1.27. The summed E-state index contributed by atoms with van der Waals surface area (Å²) in [6.07, 6.45) is 6.31. The molecule has 2 aromatic carbocycles. The second-order valence-corrected chi connectivity index (χ2v) is 8.15. The molecule has 7 heteroatoms. The van der Waals surface area contributed by atoms with Gasteiger partial charge in [0.05, 0.1) is 5.39 Å². The van der Waals surface area contributed by atoms with E-state index in [0.29, 0.717) is 40.8 Å². The number of nitrogens with two attached hydrogens (primary N) is 1. The molecule has 32 heavy (non-hydrogen) atoms. The first kappa shape index (κ1) is 20.1. The lowest BCUT2D eigenvalue weighted by Crippen LogP contribution is -2.20. The minimum atomic E-state index is 0.0597. The molecular weight excluding hydrogens is 402 g/mol. The van der Waals surface area contributed by atoms with Crippen molar-refractivity contribution in [2.24, 2.45) is 5.92 Å². The average Bonchev–Trinajstić information content (AvgIpc) is 3.18. The van der Waals surface area contributed by atoms with Gasteiger partial charge in [-0.1, -0.05) is 36.9 Å². The van der Waals surface area contributed by atoms with Crippen molar-refractivity contribution in [2.75, 3.05) is 12.3 Å². The molecule has 3 N–H and O–H groups in total. The lowest BCUT2D eigenvalue weighted by molar-refractivity contribution is 0.336. The number of nitrogen functional groups attached to an aromatic ring is 1. The zero-order valence-corrected chi connectivity index (χ0v) is 17.7. The molecular formula is C25H25N5O2. The molecule has 0 radical (unpaired) electrons. The molecule has 0 saturated carbocycles. The molecule has 2 heterocycles. The Balaban J connectivity index is 1.53. The summed E-state index contributed by atoms with van der Waals surface area (Å²) in [6.45, 7) is 4.70. The van der Waals surface area contributed by atoms with Crippen LogP contribution in [-0.4, -0.2) is 31.5 Å². The first-order valence-corrected chi connectivity index (χ1v) is 10.7. The molecule has 0 amide bonds. The minimum Gasteiger partial charge on any atom is -0.504 e. The summed E-state index contributed by atoms with van der Waals surface area (Å²) < 4.78 is 7.53. The number of nitrogens with zero attached hydrogens (tertiary/aromatic N) is 4. The van der Waals surface area contributed by atoms with E-state index in [1.165, 1.54) is 17.5 Å². The van der Waals surface area contributed by atoms with E-state index in [9.17, 15) is 5.11 Å². The van der Waals surface area contributed by atoms with Crippen molar-refractivity contribution in [2.45, 2.75) is 25.8 Å². The Bertz CT molecular complexity index is 1300. The van der Waals surface area contributed by atoms with Crippen molar-refractivity contribution in [3.63, 3.8) is 0 Å². The highest BCUT2D eigenvalue weighted by Crippen LogP contribution is 2.36. The fourth-order valence-electron chi connectivity index (χ4n) is 4.46. The predicted octanol–water partition coefficient (Wildman–Crippen LogP) is 4.15. The van der Waals surface area contributed by atoms with Gasteiger partial charge in [0, 0.05) is 12.1 Å². The molecule has 1 atom stereocenters. The largest absolute Gasteiger partial charge is 0.504 e. The number of aromatic nitrogens is 4. The number of benzene rings is 2. The molecule has 1 unspecified atom stereocenters. The molecule has 1 aliphatic rings. The third-order valence-corrected chi connectivity index (χ3v) is 6.03. The van der Waals surface area contributed by atoms with Gasteiger partial charge in [0.2, 0.25) is 0 Å². The van der Waals surface area contributed by atoms with Gasteiger partial charge in [-0.15, -0.1) is 0 Å². The third-order valence-electron chi connectivity index (χ3n) is 6.03. The summed E-state index contributed by atoms with van der Waals surface area (Å²) in [5, 5.41) is 15.8. The smallest absolute Gasteiger partial charge is 0.163 e. The van der Waals surface area contributed by atoms with Crippen LogP contribution >= 0.6 is 0 Å². The van der Waals surface area contributed by atoms with E-state index in [1.807, 2.05) is 4.68 Å². The second kappa shape index (κ2) is 8.34. The van der Waals surface area contributed by atoms with Crippen molar-refractivity contribution < 1.29 is 9.84 Å². The first-order valence-electron chi connectivity index (χ1n) is 10.7. The molecule has 0 spiro atoms. The van der Waals surface area contributed by atoms with Crippen LogP contribution in [0, 0.1) is 5.92 Å². The van der Waals surface area contributed by atoms with E-state index < -0.39 is 0 Å². The van der Waals surface area contributed by atoms with Crippen LogP contribution in [0.3, 0.4) is 0 Å². The maximum atomic E-state index is 10.1. The predicted molar refractivity (Wildman–Crippen MR) is 124 cm³/mol. The lowest BCUT2D eigenvalue weighted by Gasteiger charge is -2.24. The maximum Gasteiger partial charge on any atom is 0.163 e. The minimum absolute atomic E-state index is 0.0597. The van der Waals surface area contributed by atoms with Crippen LogP contribution in [0.25, 0.3) is 22.3 Å². The Morgan fingerprint density at radius 1 is 1.19 bits per heavy atom. The zero-order valence-electron chi connectivity index (χ0n) is 17.7. The summed E-state index contributed by atoms with van der Waals surface area (Å²) in [4.78, 5) is 8.70.